The lowest BCUT2D eigenvalue weighted by Crippen LogP contribution is -2.50. The summed E-state index contributed by atoms with van der Waals surface area (Å²) >= 11 is 3.24. The van der Waals surface area contributed by atoms with Gasteiger partial charge >= 0.3 is 5.97 Å². The van der Waals surface area contributed by atoms with Crippen molar-refractivity contribution in [2.75, 3.05) is 0 Å². The SMILES string of the molecule is O=C(O)C1(c2cc(Br)ccc2O)CC(O)C1. The van der Waals surface area contributed by atoms with Crippen molar-refractivity contribution in [1.29, 1.82) is 0 Å². The topological polar surface area (TPSA) is 77.8 Å². The summed E-state index contributed by atoms with van der Waals surface area (Å²) in [5.74, 6) is -1.05. The number of aliphatic hydroxyl groups is 1. The van der Waals surface area contributed by atoms with Gasteiger partial charge in [-0.25, -0.2) is 0 Å². The molecule has 0 aromatic heterocycles. The van der Waals surface area contributed by atoms with Crippen LogP contribution in [-0.4, -0.2) is 27.4 Å². The predicted molar refractivity (Wildman–Crippen MR) is 60.4 cm³/mol. The van der Waals surface area contributed by atoms with E-state index in [-0.39, 0.29) is 18.6 Å². The smallest absolute Gasteiger partial charge is 0.314 e. The lowest BCUT2D eigenvalue weighted by molar-refractivity contribution is -0.153. The molecule has 4 nitrogen and oxygen atoms in total. The average Bonchev–Trinajstić information content (AvgIpc) is 2.16. The van der Waals surface area contributed by atoms with Crippen LogP contribution in [0.4, 0.5) is 0 Å². The van der Waals surface area contributed by atoms with E-state index in [4.69, 9.17) is 0 Å². The number of carboxylic acid groups (broad SMARTS) is 1. The highest BCUT2D eigenvalue weighted by atomic mass is 79.9. The number of aliphatic carboxylic acids is 1. The Labute approximate surface area is 101 Å². The third-order valence-electron chi connectivity index (χ3n) is 3.05. The zero-order valence-corrected chi connectivity index (χ0v) is 9.94. The zero-order chi connectivity index (χ0) is 11.9. The van der Waals surface area contributed by atoms with Crippen molar-refractivity contribution in [2.45, 2.75) is 24.4 Å². The first-order valence-corrected chi connectivity index (χ1v) is 5.65. The van der Waals surface area contributed by atoms with E-state index in [1.165, 1.54) is 6.07 Å². The molecule has 3 N–H and O–H groups in total. The highest BCUT2D eigenvalue weighted by Crippen LogP contribution is 2.47. The van der Waals surface area contributed by atoms with Crippen LogP contribution in [-0.2, 0) is 10.2 Å². The second-order valence-corrected chi connectivity index (χ2v) is 5.03. The normalized spacial score (nSPS) is 28.5. The number of phenolic OH excluding ortho intramolecular Hbond substituents is 1. The van der Waals surface area contributed by atoms with Crippen molar-refractivity contribution in [2.24, 2.45) is 0 Å². The summed E-state index contributed by atoms with van der Waals surface area (Å²) in [6.07, 6.45) is -0.312. The fourth-order valence-electron chi connectivity index (χ4n) is 2.15. The first-order valence-electron chi connectivity index (χ1n) is 4.86. The summed E-state index contributed by atoms with van der Waals surface area (Å²) < 4.78 is 0.710. The highest BCUT2D eigenvalue weighted by Gasteiger charge is 2.52. The number of hydrogen-bond acceptors (Lipinski definition) is 3. The molecule has 1 fully saturated rings. The van der Waals surface area contributed by atoms with E-state index in [2.05, 4.69) is 15.9 Å². The summed E-state index contributed by atoms with van der Waals surface area (Å²) in [5, 5.41) is 28.2. The van der Waals surface area contributed by atoms with Crippen LogP contribution in [0.2, 0.25) is 0 Å². The van der Waals surface area contributed by atoms with Gasteiger partial charge in [0.25, 0.3) is 0 Å². The fraction of sp³-hybridized carbons (Fsp3) is 0.364. The van der Waals surface area contributed by atoms with Gasteiger partial charge in [0.05, 0.1) is 6.10 Å². The van der Waals surface area contributed by atoms with Gasteiger partial charge in [0.1, 0.15) is 11.2 Å². The van der Waals surface area contributed by atoms with Gasteiger partial charge in [-0.3, -0.25) is 4.79 Å². The number of carbonyl (C=O) groups is 1. The lowest BCUT2D eigenvalue weighted by Gasteiger charge is -2.42. The Bertz CT molecular complexity index is 438. The molecule has 16 heavy (non-hydrogen) atoms. The first-order chi connectivity index (χ1) is 7.45. The molecular formula is C11H11BrO4. The average molecular weight is 287 g/mol. The molecule has 0 saturated heterocycles. The van der Waals surface area contributed by atoms with E-state index >= 15 is 0 Å². The molecule has 0 bridgehead atoms. The molecule has 0 heterocycles. The second kappa shape index (κ2) is 3.75. The maximum Gasteiger partial charge on any atom is 0.314 e. The molecule has 0 unspecified atom stereocenters. The van der Waals surface area contributed by atoms with E-state index in [1.54, 1.807) is 12.1 Å². The molecule has 0 aliphatic heterocycles. The Morgan fingerprint density at radius 1 is 1.44 bits per heavy atom. The summed E-state index contributed by atoms with van der Waals surface area (Å²) in [7, 11) is 0. The largest absolute Gasteiger partial charge is 0.508 e. The van der Waals surface area contributed by atoms with Crippen LogP contribution < -0.4 is 0 Å². The Kier molecular flexibility index (Phi) is 2.67. The van der Waals surface area contributed by atoms with Gasteiger partial charge < -0.3 is 15.3 Å². The van der Waals surface area contributed by atoms with E-state index in [0.29, 0.717) is 10.0 Å². The monoisotopic (exact) mass is 286 g/mol. The van der Waals surface area contributed by atoms with Gasteiger partial charge in [0.2, 0.25) is 0 Å². The van der Waals surface area contributed by atoms with Gasteiger partial charge in [-0.2, -0.15) is 0 Å². The maximum atomic E-state index is 11.3. The molecule has 1 aromatic rings. The molecule has 1 saturated carbocycles. The fourth-order valence-corrected chi connectivity index (χ4v) is 2.51. The van der Waals surface area contributed by atoms with Crippen LogP contribution in [0.3, 0.4) is 0 Å². The lowest BCUT2D eigenvalue weighted by atomic mass is 9.62. The molecule has 5 heteroatoms. The van der Waals surface area contributed by atoms with Crippen LogP contribution in [0.1, 0.15) is 18.4 Å². The van der Waals surface area contributed by atoms with Gasteiger partial charge in [-0.05, 0) is 31.0 Å². The third kappa shape index (κ3) is 1.60. The van der Waals surface area contributed by atoms with Crippen molar-refractivity contribution in [3.63, 3.8) is 0 Å². The number of aromatic hydroxyl groups is 1. The van der Waals surface area contributed by atoms with Gasteiger partial charge in [0.15, 0.2) is 0 Å². The number of hydrogen-bond donors (Lipinski definition) is 3. The van der Waals surface area contributed by atoms with Crippen LogP contribution in [0.25, 0.3) is 0 Å². The Hall–Kier alpha value is -1.07. The molecule has 0 atom stereocenters. The van der Waals surface area contributed by atoms with Crippen molar-refractivity contribution < 1.29 is 20.1 Å². The molecule has 0 amide bonds. The van der Waals surface area contributed by atoms with E-state index in [1.807, 2.05) is 0 Å². The molecule has 1 aliphatic carbocycles. The number of aliphatic hydroxyl groups excluding tert-OH is 1. The number of carboxylic acids is 1. The Balaban J connectivity index is 2.48. The highest BCUT2D eigenvalue weighted by molar-refractivity contribution is 9.10. The van der Waals surface area contributed by atoms with Crippen LogP contribution in [0, 0.1) is 0 Å². The number of halogens is 1. The van der Waals surface area contributed by atoms with E-state index in [0.717, 1.165) is 0 Å². The minimum atomic E-state index is -1.15. The minimum absolute atomic E-state index is 0.0440. The zero-order valence-electron chi connectivity index (χ0n) is 8.35. The van der Waals surface area contributed by atoms with Gasteiger partial charge in [-0.1, -0.05) is 15.9 Å². The molecule has 0 radical (unpaired) electrons. The van der Waals surface area contributed by atoms with Gasteiger partial charge in [0, 0.05) is 10.0 Å². The van der Waals surface area contributed by atoms with Crippen LogP contribution >= 0.6 is 15.9 Å². The Morgan fingerprint density at radius 2 is 2.06 bits per heavy atom. The first kappa shape index (κ1) is 11.4. The van der Waals surface area contributed by atoms with E-state index in [9.17, 15) is 20.1 Å². The van der Waals surface area contributed by atoms with Crippen molar-refractivity contribution in [3.8, 4) is 5.75 Å². The maximum absolute atomic E-state index is 11.3. The summed E-state index contributed by atoms with van der Waals surface area (Å²) in [6.45, 7) is 0. The predicted octanol–water partition coefficient (Wildman–Crippen LogP) is 1.63. The molecule has 1 aliphatic rings. The Morgan fingerprint density at radius 3 is 2.56 bits per heavy atom. The van der Waals surface area contributed by atoms with Crippen LogP contribution in [0.15, 0.2) is 22.7 Å². The summed E-state index contributed by atoms with van der Waals surface area (Å²) in [4.78, 5) is 11.3. The number of rotatable bonds is 2. The molecule has 86 valence electrons. The van der Waals surface area contributed by atoms with Gasteiger partial charge in [-0.15, -0.1) is 0 Å². The van der Waals surface area contributed by atoms with Crippen molar-refractivity contribution in [3.05, 3.63) is 28.2 Å². The van der Waals surface area contributed by atoms with Crippen molar-refractivity contribution in [1.82, 2.24) is 0 Å². The molecular weight excluding hydrogens is 276 g/mol. The van der Waals surface area contributed by atoms with Crippen LogP contribution in [0.5, 0.6) is 5.75 Å². The quantitative estimate of drug-likeness (QED) is 0.772. The summed E-state index contributed by atoms with van der Waals surface area (Å²) in [5.41, 5.74) is -0.785. The van der Waals surface area contributed by atoms with E-state index < -0.39 is 17.5 Å². The molecule has 1 aromatic carbocycles. The standard InChI is InChI=1S/C11H11BrO4/c12-6-1-2-9(14)8(3-6)11(10(15)16)4-7(13)5-11/h1-3,7,13-14H,4-5H2,(H,15,16). The molecule has 0 spiro atoms. The van der Waals surface area contributed by atoms with Crippen molar-refractivity contribution >= 4 is 21.9 Å². The number of benzene rings is 1. The molecule has 2 rings (SSSR count). The number of phenols is 1. The second-order valence-electron chi connectivity index (χ2n) is 4.11. The summed E-state index contributed by atoms with van der Waals surface area (Å²) in [6, 6.07) is 4.69. The minimum Gasteiger partial charge on any atom is -0.508 e. The third-order valence-corrected chi connectivity index (χ3v) is 3.54.